The lowest BCUT2D eigenvalue weighted by molar-refractivity contribution is 0.00651. The van der Waals surface area contributed by atoms with Crippen LogP contribution in [0.1, 0.15) is 24.5 Å². The highest BCUT2D eigenvalue weighted by Gasteiger charge is 2.27. The molecule has 2 atom stereocenters. The summed E-state index contributed by atoms with van der Waals surface area (Å²) >= 11 is 0. The molecular formula is C15H23NO2. The third kappa shape index (κ3) is 4.09. The molecule has 0 spiro atoms. The molecule has 0 bridgehead atoms. The van der Waals surface area contributed by atoms with Crippen LogP contribution in [0.25, 0.3) is 0 Å². The summed E-state index contributed by atoms with van der Waals surface area (Å²) in [4.78, 5) is 0. The van der Waals surface area contributed by atoms with E-state index in [2.05, 4.69) is 30.4 Å². The van der Waals surface area contributed by atoms with Crippen molar-refractivity contribution in [2.45, 2.75) is 38.3 Å². The zero-order valence-electron chi connectivity index (χ0n) is 11.3. The number of hydrogen-bond acceptors (Lipinski definition) is 3. The second-order valence-electron chi connectivity index (χ2n) is 5.59. The van der Waals surface area contributed by atoms with Crippen LogP contribution in [0.3, 0.4) is 0 Å². The fourth-order valence-corrected chi connectivity index (χ4v) is 2.62. The van der Waals surface area contributed by atoms with Crippen LogP contribution < -0.4 is 5.32 Å². The molecule has 0 radical (unpaired) electrons. The summed E-state index contributed by atoms with van der Waals surface area (Å²) in [5.41, 5.74) is 1.74. The molecule has 1 aliphatic rings. The standard InChI is InChI=1S/C15H23NO2/c1-12-4-3-5-13(8-12)9-15(2,17)10-14-11-18-7-6-16-14/h3-5,8,14,16-17H,6-7,9-11H2,1-2H3. The molecule has 2 unspecified atom stereocenters. The largest absolute Gasteiger partial charge is 0.390 e. The summed E-state index contributed by atoms with van der Waals surface area (Å²) < 4.78 is 5.42. The Morgan fingerprint density at radius 2 is 2.33 bits per heavy atom. The van der Waals surface area contributed by atoms with Gasteiger partial charge in [-0.25, -0.2) is 0 Å². The first kappa shape index (κ1) is 13.5. The number of aliphatic hydroxyl groups is 1. The molecule has 1 aromatic carbocycles. The molecule has 0 aliphatic carbocycles. The van der Waals surface area contributed by atoms with Crippen LogP contribution in [0.5, 0.6) is 0 Å². The van der Waals surface area contributed by atoms with Crippen LogP contribution in [0, 0.1) is 6.92 Å². The number of rotatable bonds is 4. The molecule has 1 saturated heterocycles. The topological polar surface area (TPSA) is 41.5 Å². The lowest BCUT2D eigenvalue weighted by atomic mass is 9.89. The van der Waals surface area contributed by atoms with Gasteiger partial charge in [0.1, 0.15) is 0 Å². The maximum Gasteiger partial charge on any atom is 0.0675 e. The van der Waals surface area contributed by atoms with Crippen molar-refractivity contribution < 1.29 is 9.84 Å². The predicted molar refractivity (Wildman–Crippen MR) is 72.7 cm³/mol. The van der Waals surface area contributed by atoms with Gasteiger partial charge in [-0.05, 0) is 25.8 Å². The van der Waals surface area contributed by atoms with Gasteiger partial charge in [0.15, 0.2) is 0 Å². The summed E-state index contributed by atoms with van der Waals surface area (Å²) in [6, 6.07) is 8.60. The Bertz CT molecular complexity index is 384. The van der Waals surface area contributed by atoms with Gasteiger partial charge in [-0.2, -0.15) is 0 Å². The van der Waals surface area contributed by atoms with Gasteiger partial charge in [-0.15, -0.1) is 0 Å². The van der Waals surface area contributed by atoms with Crippen molar-refractivity contribution in [3.63, 3.8) is 0 Å². The molecule has 0 amide bonds. The molecule has 2 N–H and O–H groups in total. The van der Waals surface area contributed by atoms with Crippen LogP contribution >= 0.6 is 0 Å². The van der Waals surface area contributed by atoms with E-state index in [1.165, 1.54) is 11.1 Å². The van der Waals surface area contributed by atoms with E-state index in [1.807, 2.05) is 13.0 Å². The van der Waals surface area contributed by atoms with Gasteiger partial charge in [0.25, 0.3) is 0 Å². The molecule has 1 fully saturated rings. The Kier molecular flexibility index (Phi) is 4.38. The molecule has 1 heterocycles. The van der Waals surface area contributed by atoms with Crippen LogP contribution in [-0.4, -0.2) is 36.5 Å². The fraction of sp³-hybridized carbons (Fsp3) is 0.600. The van der Waals surface area contributed by atoms with Gasteiger partial charge in [-0.1, -0.05) is 29.8 Å². The minimum atomic E-state index is -0.688. The van der Waals surface area contributed by atoms with Gasteiger partial charge in [0.2, 0.25) is 0 Å². The minimum absolute atomic E-state index is 0.263. The van der Waals surface area contributed by atoms with Crippen molar-refractivity contribution >= 4 is 0 Å². The summed E-state index contributed by atoms with van der Waals surface area (Å²) in [5.74, 6) is 0. The smallest absolute Gasteiger partial charge is 0.0675 e. The van der Waals surface area contributed by atoms with E-state index in [4.69, 9.17) is 4.74 Å². The Labute approximate surface area is 109 Å². The molecular weight excluding hydrogens is 226 g/mol. The number of benzene rings is 1. The molecule has 1 aromatic rings. The highest BCUT2D eigenvalue weighted by atomic mass is 16.5. The highest BCUT2D eigenvalue weighted by Crippen LogP contribution is 2.20. The van der Waals surface area contributed by atoms with Crippen LogP contribution in [0.4, 0.5) is 0 Å². The van der Waals surface area contributed by atoms with Crippen LogP contribution in [0.2, 0.25) is 0 Å². The Morgan fingerprint density at radius 1 is 1.50 bits per heavy atom. The highest BCUT2D eigenvalue weighted by molar-refractivity contribution is 5.23. The third-order valence-electron chi connectivity index (χ3n) is 3.35. The molecule has 18 heavy (non-hydrogen) atoms. The molecule has 0 aromatic heterocycles. The zero-order valence-corrected chi connectivity index (χ0v) is 11.3. The lowest BCUT2D eigenvalue weighted by Crippen LogP contribution is -2.46. The van der Waals surface area contributed by atoms with E-state index in [9.17, 15) is 5.11 Å². The van der Waals surface area contributed by atoms with Gasteiger partial charge in [-0.3, -0.25) is 0 Å². The SMILES string of the molecule is Cc1cccc(CC(C)(O)CC2COCCN2)c1. The van der Waals surface area contributed by atoms with Crippen molar-refractivity contribution in [2.24, 2.45) is 0 Å². The number of aryl methyl sites for hydroxylation is 1. The predicted octanol–water partition coefficient (Wildman–Crippen LogP) is 1.67. The molecule has 0 saturated carbocycles. The number of hydrogen-bond donors (Lipinski definition) is 2. The monoisotopic (exact) mass is 249 g/mol. The van der Waals surface area contributed by atoms with Gasteiger partial charge in [0.05, 0.1) is 18.8 Å². The lowest BCUT2D eigenvalue weighted by Gasteiger charge is -2.31. The van der Waals surface area contributed by atoms with Gasteiger partial charge < -0.3 is 15.2 Å². The third-order valence-corrected chi connectivity index (χ3v) is 3.35. The number of morpholine rings is 1. The van der Waals surface area contributed by atoms with E-state index in [-0.39, 0.29) is 6.04 Å². The molecule has 100 valence electrons. The molecule has 3 heteroatoms. The van der Waals surface area contributed by atoms with Gasteiger partial charge >= 0.3 is 0 Å². The second kappa shape index (κ2) is 5.83. The number of nitrogens with one attached hydrogen (secondary N) is 1. The van der Waals surface area contributed by atoms with Crippen LogP contribution in [-0.2, 0) is 11.2 Å². The zero-order chi connectivity index (χ0) is 13.0. The van der Waals surface area contributed by atoms with Gasteiger partial charge in [0, 0.05) is 19.0 Å². The Balaban J connectivity index is 1.93. The maximum atomic E-state index is 10.5. The maximum absolute atomic E-state index is 10.5. The first-order valence-electron chi connectivity index (χ1n) is 6.64. The van der Waals surface area contributed by atoms with E-state index in [0.29, 0.717) is 13.0 Å². The first-order valence-corrected chi connectivity index (χ1v) is 6.64. The van der Waals surface area contributed by atoms with E-state index < -0.39 is 5.60 Å². The molecule has 1 aliphatic heterocycles. The fourth-order valence-electron chi connectivity index (χ4n) is 2.62. The van der Waals surface area contributed by atoms with Crippen LogP contribution in [0.15, 0.2) is 24.3 Å². The molecule has 2 rings (SSSR count). The normalized spacial score (nSPS) is 23.6. The second-order valence-corrected chi connectivity index (χ2v) is 5.59. The summed E-state index contributed by atoms with van der Waals surface area (Å²) in [5, 5.41) is 13.9. The van der Waals surface area contributed by atoms with E-state index in [0.717, 1.165) is 19.6 Å². The van der Waals surface area contributed by atoms with E-state index >= 15 is 0 Å². The summed E-state index contributed by atoms with van der Waals surface area (Å²) in [6.07, 6.45) is 1.41. The average molecular weight is 249 g/mol. The van der Waals surface area contributed by atoms with Crippen molar-refractivity contribution in [3.8, 4) is 0 Å². The quantitative estimate of drug-likeness (QED) is 0.853. The minimum Gasteiger partial charge on any atom is -0.390 e. The van der Waals surface area contributed by atoms with Crippen molar-refractivity contribution in [1.29, 1.82) is 0 Å². The average Bonchev–Trinajstić information content (AvgIpc) is 2.28. The molecule has 3 nitrogen and oxygen atoms in total. The van der Waals surface area contributed by atoms with Crippen molar-refractivity contribution in [2.75, 3.05) is 19.8 Å². The first-order chi connectivity index (χ1) is 8.55. The van der Waals surface area contributed by atoms with Crippen molar-refractivity contribution in [3.05, 3.63) is 35.4 Å². The summed E-state index contributed by atoms with van der Waals surface area (Å²) in [7, 11) is 0. The Morgan fingerprint density at radius 3 is 3.00 bits per heavy atom. The number of ether oxygens (including phenoxy) is 1. The summed E-state index contributed by atoms with van der Waals surface area (Å²) in [6.45, 7) is 6.34. The van der Waals surface area contributed by atoms with Crippen molar-refractivity contribution in [1.82, 2.24) is 5.32 Å². The Hall–Kier alpha value is -0.900. The van der Waals surface area contributed by atoms with E-state index in [1.54, 1.807) is 0 Å².